The summed E-state index contributed by atoms with van der Waals surface area (Å²) in [5, 5.41) is 0. The van der Waals surface area contributed by atoms with Gasteiger partial charge in [-0.1, -0.05) is 15.9 Å². The molecule has 16 heavy (non-hydrogen) atoms. The van der Waals surface area contributed by atoms with Gasteiger partial charge in [-0.2, -0.15) is 13.2 Å². The lowest BCUT2D eigenvalue weighted by Crippen LogP contribution is -2.28. The van der Waals surface area contributed by atoms with Gasteiger partial charge in [0, 0.05) is 0 Å². The minimum Gasteiger partial charge on any atom is -0.492 e. The van der Waals surface area contributed by atoms with E-state index in [9.17, 15) is 17.6 Å². The highest BCUT2D eigenvalue weighted by molar-refractivity contribution is 9.10. The van der Waals surface area contributed by atoms with Gasteiger partial charge in [-0.25, -0.2) is 4.39 Å². The monoisotopic (exact) mass is 364 g/mol. The summed E-state index contributed by atoms with van der Waals surface area (Å²) in [7, 11) is 0. The Kier molecular flexibility index (Phi) is 4.61. The first kappa shape index (κ1) is 13.8. The van der Waals surface area contributed by atoms with Crippen LogP contribution in [0.15, 0.2) is 22.7 Å². The van der Waals surface area contributed by atoms with Crippen LogP contribution in [0.3, 0.4) is 0 Å². The van der Waals surface area contributed by atoms with Crippen LogP contribution in [0, 0.1) is 5.82 Å². The molecular weight excluding hydrogens is 360 g/mol. The molecular formula is C9H6Br2F4O. The second-order valence-corrected chi connectivity index (χ2v) is 4.86. The SMILES string of the molecule is Fc1ccc(OCC(Br)C(F)(F)F)cc1Br. The van der Waals surface area contributed by atoms with Crippen LogP contribution >= 0.6 is 31.9 Å². The first-order valence-electron chi connectivity index (χ1n) is 4.09. The van der Waals surface area contributed by atoms with Crippen LogP contribution in [0.5, 0.6) is 5.75 Å². The smallest absolute Gasteiger partial charge is 0.404 e. The molecule has 0 radical (unpaired) electrons. The maximum Gasteiger partial charge on any atom is 0.404 e. The van der Waals surface area contributed by atoms with E-state index in [0.29, 0.717) is 0 Å². The van der Waals surface area contributed by atoms with Crippen molar-refractivity contribution in [3.05, 3.63) is 28.5 Å². The number of halogens is 6. The standard InChI is InChI=1S/C9H6Br2F4O/c10-6-3-5(1-2-7(6)12)16-4-8(11)9(13,14)15/h1-3,8H,4H2. The van der Waals surface area contributed by atoms with Crippen LogP contribution in [0.1, 0.15) is 0 Å². The van der Waals surface area contributed by atoms with Gasteiger partial charge in [-0.15, -0.1) is 0 Å². The van der Waals surface area contributed by atoms with Crippen molar-refractivity contribution in [2.75, 3.05) is 6.61 Å². The zero-order chi connectivity index (χ0) is 12.3. The van der Waals surface area contributed by atoms with Crippen molar-refractivity contribution in [1.29, 1.82) is 0 Å². The molecule has 0 aliphatic carbocycles. The molecule has 0 heterocycles. The predicted octanol–water partition coefficient (Wildman–Crippen LogP) is 4.29. The summed E-state index contributed by atoms with van der Waals surface area (Å²) in [5.74, 6) is -0.333. The normalized spacial score (nSPS) is 13.6. The van der Waals surface area contributed by atoms with E-state index in [-0.39, 0.29) is 10.2 Å². The molecule has 7 heteroatoms. The Bertz CT molecular complexity index is 367. The Morgan fingerprint density at radius 2 is 1.94 bits per heavy atom. The van der Waals surface area contributed by atoms with Crippen molar-refractivity contribution >= 4 is 31.9 Å². The molecule has 1 nitrogen and oxygen atoms in total. The largest absolute Gasteiger partial charge is 0.492 e. The number of benzene rings is 1. The van der Waals surface area contributed by atoms with Crippen LogP contribution in [-0.2, 0) is 0 Å². The second kappa shape index (κ2) is 5.35. The Morgan fingerprint density at radius 1 is 1.31 bits per heavy atom. The van der Waals surface area contributed by atoms with E-state index in [4.69, 9.17) is 4.74 Å². The Morgan fingerprint density at radius 3 is 2.44 bits per heavy atom. The molecule has 0 aromatic heterocycles. The highest BCUT2D eigenvalue weighted by Gasteiger charge is 2.38. The van der Waals surface area contributed by atoms with Gasteiger partial charge >= 0.3 is 6.18 Å². The summed E-state index contributed by atoms with van der Waals surface area (Å²) in [6.07, 6.45) is -4.36. The first-order valence-corrected chi connectivity index (χ1v) is 5.80. The molecule has 0 saturated heterocycles. The summed E-state index contributed by atoms with van der Waals surface area (Å²) in [5.41, 5.74) is 0. The maximum atomic E-state index is 12.8. The second-order valence-electron chi connectivity index (χ2n) is 2.90. The first-order chi connectivity index (χ1) is 7.30. The average Bonchev–Trinajstić information content (AvgIpc) is 2.18. The lowest BCUT2D eigenvalue weighted by Gasteiger charge is -2.14. The van der Waals surface area contributed by atoms with E-state index in [1.54, 1.807) is 0 Å². The van der Waals surface area contributed by atoms with E-state index in [2.05, 4.69) is 31.9 Å². The molecule has 1 atom stereocenters. The van der Waals surface area contributed by atoms with Crippen molar-refractivity contribution in [3.63, 3.8) is 0 Å². The third kappa shape index (κ3) is 3.93. The van der Waals surface area contributed by atoms with Gasteiger partial charge in [0.25, 0.3) is 0 Å². The van der Waals surface area contributed by atoms with Gasteiger partial charge in [-0.3, -0.25) is 0 Å². The summed E-state index contributed by atoms with van der Waals surface area (Å²) < 4.78 is 54.1. The van der Waals surface area contributed by atoms with Gasteiger partial charge in [0.05, 0.1) is 4.47 Å². The predicted molar refractivity (Wildman–Crippen MR) is 58.4 cm³/mol. The molecule has 0 saturated carbocycles. The van der Waals surface area contributed by atoms with Crippen LogP contribution in [0.25, 0.3) is 0 Å². The van der Waals surface area contributed by atoms with Crippen molar-refractivity contribution < 1.29 is 22.3 Å². The third-order valence-corrected chi connectivity index (χ3v) is 3.03. The van der Waals surface area contributed by atoms with Crippen LogP contribution in [-0.4, -0.2) is 17.6 Å². The Labute approximate surface area is 106 Å². The topological polar surface area (TPSA) is 9.23 Å². The van der Waals surface area contributed by atoms with E-state index in [0.717, 1.165) is 6.07 Å². The van der Waals surface area contributed by atoms with E-state index >= 15 is 0 Å². The minimum absolute atomic E-state index is 0.142. The average molecular weight is 366 g/mol. The number of hydrogen-bond acceptors (Lipinski definition) is 1. The van der Waals surface area contributed by atoms with Crippen LogP contribution < -0.4 is 4.74 Å². The maximum absolute atomic E-state index is 12.8. The Balaban J connectivity index is 2.58. The van der Waals surface area contributed by atoms with Gasteiger partial charge in [-0.05, 0) is 34.1 Å². The fourth-order valence-corrected chi connectivity index (χ4v) is 1.32. The van der Waals surface area contributed by atoms with Crippen LogP contribution in [0.2, 0.25) is 0 Å². The van der Waals surface area contributed by atoms with E-state index in [1.807, 2.05) is 0 Å². The fourth-order valence-electron chi connectivity index (χ4n) is 0.831. The van der Waals surface area contributed by atoms with Crippen molar-refractivity contribution in [1.82, 2.24) is 0 Å². The fraction of sp³-hybridized carbons (Fsp3) is 0.333. The van der Waals surface area contributed by atoms with Crippen molar-refractivity contribution in [2.45, 2.75) is 11.0 Å². The van der Waals surface area contributed by atoms with Gasteiger partial charge in [0.1, 0.15) is 23.0 Å². The van der Waals surface area contributed by atoms with Crippen molar-refractivity contribution in [2.24, 2.45) is 0 Å². The van der Waals surface area contributed by atoms with Gasteiger partial charge in [0.15, 0.2) is 0 Å². The summed E-state index contributed by atoms with van der Waals surface area (Å²) >= 11 is 5.36. The number of ether oxygens (including phenoxy) is 1. The molecule has 90 valence electrons. The summed E-state index contributed by atoms with van der Waals surface area (Å²) in [4.78, 5) is -1.75. The molecule has 0 N–H and O–H groups in total. The van der Waals surface area contributed by atoms with Gasteiger partial charge < -0.3 is 4.74 Å². The van der Waals surface area contributed by atoms with E-state index in [1.165, 1.54) is 12.1 Å². The summed E-state index contributed by atoms with van der Waals surface area (Å²) in [6, 6.07) is 3.64. The zero-order valence-corrected chi connectivity index (χ0v) is 10.9. The molecule has 0 spiro atoms. The number of alkyl halides is 4. The number of rotatable bonds is 3. The minimum atomic E-state index is -4.36. The summed E-state index contributed by atoms with van der Waals surface area (Å²) in [6.45, 7) is -0.568. The quantitative estimate of drug-likeness (QED) is 0.573. The molecule has 1 rings (SSSR count). The third-order valence-electron chi connectivity index (χ3n) is 1.64. The molecule has 0 aliphatic heterocycles. The van der Waals surface area contributed by atoms with E-state index < -0.39 is 23.4 Å². The molecule has 0 amide bonds. The highest BCUT2D eigenvalue weighted by Crippen LogP contribution is 2.28. The lowest BCUT2D eigenvalue weighted by molar-refractivity contribution is -0.132. The lowest BCUT2D eigenvalue weighted by atomic mass is 10.3. The molecule has 1 aromatic carbocycles. The Hall–Kier alpha value is -0.300. The number of hydrogen-bond donors (Lipinski definition) is 0. The molecule has 0 fully saturated rings. The molecule has 1 unspecified atom stereocenters. The molecule has 1 aromatic rings. The molecule has 0 bridgehead atoms. The van der Waals surface area contributed by atoms with Crippen LogP contribution in [0.4, 0.5) is 17.6 Å². The van der Waals surface area contributed by atoms with Gasteiger partial charge in [0.2, 0.25) is 0 Å². The molecule has 0 aliphatic rings. The highest BCUT2D eigenvalue weighted by atomic mass is 79.9. The zero-order valence-electron chi connectivity index (χ0n) is 7.69. The van der Waals surface area contributed by atoms with Crippen molar-refractivity contribution in [3.8, 4) is 5.75 Å².